The zero-order valence-corrected chi connectivity index (χ0v) is 11.9. The van der Waals surface area contributed by atoms with Gasteiger partial charge in [0.2, 0.25) is 0 Å². The first-order valence-corrected chi connectivity index (χ1v) is 6.91. The Kier molecular flexibility index (Phi) is 4.38. The van der Waals surface area contributed by atoms with Gasteiger partial charge in [0.05, 0.1) is 6.04 Å². The smallest absolute Gasteiger partial charge is 0.154 e. The third kappa shape index (κ3) is 3.44. The van der Waals surface area contributed by atoms with E-state index in [9.17, 15) is 0 Å². The predicted molar refractivity (Wildman–Crippen MR) is 77.7 cm³/mol. The summed E-state index contributed by atoms with van der Waals surface area (Å²) in [5.41, 5.74) is 9.22. The Labute approximate surface area is 114 Å². The fourth-order valence-electron chi connectivity index (χ4n) is 2.08. The van der Waals surface area contributed by atoms with E-state index in [1.165, 1.54) is 5.56 Å². The van der Waals surface area contributed by atoms with Crippen LogP contribution in [0.5, 0.6) is 0 Å². The zero-order valence-electron chi connectivity index (χ0n) is 11.9. The number of benzene rings is 1. The summed E-state index contributed by atoms with van der Waals surface area (Å²) >= 11 is 0. The molecule has 0 radical (unpaired) electrons. The van der Waals surface area contributed by atoms with E-state index in [0.29, 0.717) is 5.92 Å². The van der Waals surface area contributed by atoms with Crippen LogP contribution in [0.2, 0.25) is 0 Å². The third-order valence-electron chi connectivity index (χ3n) is 3.23. The minimum Gasteiger partial charge on any atom is -0.359 e. The van der Waals surface area contributed by atoms with Crippen molar-refractivity contribution in [1.82, 2.24) is 5.16 Å². The maximum Gasteiger partial charge on any atom is 0.154 e. The van der Waals surface area contributed by atoms with E-state index in [2.05, 4.69) is 43.3 Å². The van der Waals surface area contributed by atoms with Crippen LogP contribution >= 0.6 is 0 Å². The molecular weight excluding hydrogens is 236 g/mol. The summed E-state index contributed by atoms with van der Waals surface area (Å²) in [5.74, 6) is 1.43. The van der Waals surface area contributed by atoms with E-state index in [1.54, 1.807) is 0 Å². The second-order valence-corrected chi connectivity index (χ2v) is 5.42. The highest BCUT2D eigenvalue weighted by Gasteiger charge is 2.11. The van der Waals surface area contributed by atoms with Crippen molar-refractivity contribution in [2.24, 2.45) is 11.7 Å². The van der Waals surface area contributed by atoms with Gasteiger partial charge in [0.1, 0.15) is 5.69 Å². The van der Waals surface area contributed by atoms with E-state index < -0.39 is 0 Å². The van der Waals surface area contributed by atoms with Gasteiger partial charge in [-0.25, -0.2) is 0 Å². The summed E-state index contributed by atoms with van der Waals surface area (Å²) < 4.78 is 5.29. The van der Waals surface area contributed by atoms with Gasteiger partial charge < -0.3 is 10.3 Å². The first-order valence-electron chi connectivity index (χ1n) is 6.91. The second-order valence-electron chi connectivity index (χ2n) is 5.42. The van der Waals surface area contributed by atoms with E-state index in [4.69, 9.17) is 10.3 Å². The minimum absolute atomic E-state index is 0.0681. The maximum atomic E-state index is 5.93. The number of hydrogen-bond acceptors (Lipinski definition) is 3. The molecule has 0 aliphatic heterocycles. The largest absolute Gasteiger partial charge is 0.359 e. The molecule has 0 bridgehead atoms. The van der Waals surface area contributed by atoms with Gasteiger partial charge in [-0.15, -0.1) is 0 Å². The van der Waals surface area contributed by atoms with E-state index in [0.717, 1.165) is 29.9 Å². The van der Waals surface area contributed by atoms with Crippen LogP contribution in [0.1, 0.15) is 44.6 Å². The Morgan fingerprint density at radius 3 is 2.47 bits per heavy atom. The lowest BCUT2D eigenvalue weighted by Crippen LogP contribution is -2.06. The average molecular weight is 258 g/mol. The van der Waals surface area contributed by atoms with Crippen LogP contribution in [0.15, 0.2) is 34.9 Å². The van der Waals surface area contributed by atoms with Crippen LogP contribution in [0.3, 0.4) is 0 Å². The van der Waals surface area contributed by atoms with Crippen molar-refractivity contribution < 1.29 is 4.52 Å². The molecule has 1 unspecified atom stereocenters. The number of aromatic nitrogens is 1. The van der Waals surface area contributed by atoms with Gasteiger partial charge in [-0.1, -0.05) is 50.2 Å². The van der Waals surface area contributed by atoms with Crippen molar-refractivity contribution in [3.8, 4) is 11.3 Å². The maximum absolute atomic E-state index is 5.93. The summed E-state index contributed by atoms with van der Waals surface area (Å²) in [5, 5.41) is 4.09. The zero-order chi connectivity index (χ0) is 13.8. The van der Waals surface area contributed by atoms with E-state index in [1.807, 2.05) is 13.0 Å². The molecule has 1 aromatic carbocycles. The number of nitrogens with two attached hydrogens (primary N) is 1. The molecule has 2 aromatic rings. The Morgan fingerprint density at radius 1 is 1.21 bits per heavy atom. The highest BCUT2D eigenvalue weighted by molar-refractivity contribution is 5.59. The summed E-state index contributed by atoms with van der Waals surface area (Å²) in [6, 6.07) is 10.4. The number of nitrogens with zero attached hydrogens (tertiary/aromatic N) is 1. The average Bonchev–Trinajstić information content (AvgIpc) is 2.87. The van der Waals surface area contributed by atoms with Gasteiger partial charge in [0, 0.05) is 11.6 Å². The Hall–Kier alpha value is -1.61. The highest BCUT2D eigenvalue weighted by Crippen LogP contribution is 2.23. The molecule has 0 fully saturated rings. The first kappa shape index (κ1) is 13.8. The molecule has 0 saturated heterocycles. The van der Waals surface area contributed by atoms with Crippen molar-refractivity contribution in [2.75, 3.05) is 0 Å². The monoisotopic (exact) mass is 258 g/mol. The molecular formula is C16H22N2O. The molecule has 1 heterocycles. The second kappa shape index (κ2) is 6.02. The quantitative estimate of drug-likeness (QED) is 0.883. The standard InChI is InChI=1S/C16H22N2O/c1-4-14(17)16-10-15(18-19-16)13-7-5-12(6-8-13)9-11(2)3/h5-8,10-11,14H,4,9,17H2,1-3H3. The van der Waals surface area contributed by atoms with Gasteiger partial charge >= 0.3 is 0 Å². The van der Waals surface area contributed by atoms with Crippen LogP contribution in [-0.2, 0) is 6.42 Å². The van der Waals surface area contributed by atoms with Gasteiger partial charge in [0.15, 0.2) is 5.76 Å². The molecule has 0 aliphatic rings. The van der Waals surface area contributed by atoms with Crippen molar-refractivity contribution >= 4 is 0 Å². The van der Waals surface area contributed by atoms with Crippen LogP contribution in [0, 0.1) is 5.92 Å². The number of hydrogen-bond donors (Lipinski definition) is 1. The molecule has 2 rings (SSSR count). The Bertz CT molecular complexity index is 514. The van der Waals surface area contributed by atoms with Gasteiger partial charge in [-0.05, 0) is 24.3 Å². The Morgan fingerprint density at radius 2 is 1.89 bits per heavy atom. The molecule has 102 valence electrons. The molecule has 19 heavy (non-hydrogen) atoms. The molecule has 0 saturated carbocycles. The molecule has 2 N–H and O–H groups in total. The fraction of sp³-hybridized carbons (Fsp3) is 0.438. The van der Waals surface area contributed by atoms with Gasteiger partial charge in [0.25, 0.3) is 0 Å². The summed E-state index contributed by atoms with van der Waals surface area (Å²) in [6.07, 6.45) is 1.95. The lowest BCUT2D eigenvalue weighted by molar-refractivity contribution is 0.360. The molecule has 1 atom stereocenters. The first-order chi connectivity index (χ1) is 9.10. The Balaban J connectivity index is 2.15. The summed E-state index contributed by atoms with van der Waals surface area (Å²) in [4.78, 5) is 0. The lowest BCUT2D eigenvalue weighted by atomic mass is 10.0. The molecule has 0 aliphatic carbocycles. The van der Waals surface area contributed by atoms with E-state index >= 15 is 0 Å². The van der Waals surface area contributed by atoms with Crippen LogP contribution in [0.4, 0.5) is 0 Å². The molecule has 0 spiro atoms. The van der Waals surface area contributed by atoms with Crippen LogP contribution in [-0.4, -0.2) is 5.16 Å². The van der Waals surface area contributed by atoms with Crippen LogP contribution < -0.4 is 5.73 Å². The van der Waals surface area contributed by atoms with Crippen molar-refractivity contribution in [1.29, 1.82) is 0 Å². The fourth-order valence-corrected chi connectivity index (χ4v) is 2.08. The minimum atomic E-state index is -0.0681. The molecule has 1 aromatic heterocycles. The molecule has 3 nitrogen and oxygen atoms in total. The van der Waals surface area contributed by atoms with E-state index in [-0.39, 0.29) is 6.04 Å². The molecule has 0 amide bonds. The topological polar surface area (TPSA) is 52.0 Å². The predicted octanol–water partition coefficient (Wildman–Crippen LogP) is 3.95. The lowest BCUT2D eigenvalue weighted by Gasteiger charge is -2.05. The van der Waals surface area contributed by atoms with Crippen molar-refractivity contribution in [2.45, 2.75) is 39.7 Å². The van der Waals surface area contributed by atoms with Gasteiger partial charge in [-0.3, -0.25) is 0 Å². The normalized spacial score (nSPS) is 12.9. The van der Waals surface area contributed by atoms with Crippen LogP contribution in [0.25, 0.3) is 11.3 Å². The summed E-state index contributed by atoms with van der Waals surface area (Å²) in [7, 11) is 0. The SMILES string of the molecule is CCC(N)c1cc(-c2ccc(CC(C)C)cc2)no1. The molecule has 3 heteroatoms. The number of rotatable bonds is 5. The summed E-state index contributed by atoms with van der Waals surface area (Å²) in [6.45, 7) is 6.49. The third-order valence-corrected chi connectivity index (χ3v) is 3.23. The van der Waals surface area contributed by atoms with Crippen molar-refractivity contribution in [3.05, 3.63) is 41.7 Å². The van der Waals surface area contributed by atoms with Crippen molar-refractivity contribution in [3.63, 3.8) is 0 Å². The highest BCUT2D eigenvalue weighted by atomic mass is 16.5. The van der Waals surface area contributed by atoms with Gasteiger partial charge in [-0.2, -0.15) is 0 Å².